The predicted molar refractivity (Wildman–Crippen MR) is 55.6 cm³/mol. The van der Waals surface area contributed by atoms with Gasteiger partial charge in [0.2, 0.25) is 0 Å². The molecule has 0 saturated carbocycles. The van der Waals surface area contributed by atoms with Crippen LogP contribution in [0.15, 0.2) is 0 Å². The monoisotopic (exact) mass is 286 g/mol. The van der Waals surface area contributed by atoms with Gasteiger partial charge in [-0.25, -0.2) is 0 Å². The first-order valence-corrected chi connectivity index (χ1v) is 5.76. The number of hydrogen-bond donors (Lipinski definition) is 0. The Morgan fingerprint density at radius 2 is 2.07 bits per heavy atom. The van der Waals surface area contributed by atoms with Crippen LogP contribution in [0.3, 0.4) is 0 Å². The largest absolute Gasteiger partial charge is 0.466 e. The smallest absolute Gasteiger partial charge is 0.321 e. The van der Waals surface area contributed by atoms with Crippen LogP contribution in [0.4, 0.5) is 0 Å². The second-order valence-corrected chi connectivity index (χ2v) is 3.32. The number of ether oxygens (including phenoxy) is 2. The van der Waals surface area contributed by atoms with Crippen molar-refractivity contribution in [1.82, 2.24) is 0 Å². The Labute approximate surface area is 96.0 Å². The summed E-state index contributed by atoms with van der Waals surface area (Å²) in [6.45, 7) is 2.03. The van der Waals surface area contributed by atoms with Crippen molar-refractivity contribution in [2.24, 2.45) is 0 Å². The lowest BCUT2D eigenvalue weighted by Crippen LogP contribution is -2.24. The molecule has 0 amide bonds. The van der Waals surface area contributed by atoms with Gasteiger partial charge in [-0.1, -0.05) is 15.9 Å². The van der Waals surface area contributed by atoms with E-state index in [1.165, 1.54) is 0 Å². The molecular formula is C8H12BrClO4. The minimum absolute atomic E-state index is 0.0434. The zero-order valence-corrected chi connectivity index (χ0v) is 10.1. The molecule has 6 heteroatoms. The Hall–Kier alpha value is -0.290. The summed E-state index contributed by atoms with van der Waals surface area (Å²) in [4.78, 5) is 21.8. The number of rotatable bonds is 6. The fourth-order valence-corrected chi connectivity index (χ4v) is 1.17. The maximum Gasteiger partial charge on any atom is 0.321 e. The van der Waals surface area contributed by atoms with E-state index >= 15 is 0 Å². The molecule has 0 aliphatic carbocycles. The maximum absolute atomic E-state index is 11.0. The van der Waals surface area contributed by atoms with Crippen LogP contribution < -0.4 is 0 Å². The molecule has 0 rings (SSSR count). The number of esters is 2. The molecule has 0 fully saturated rings. The molecule has 0 bridgehead atoms. The van der Waals surface area contributed by atoms with Crippen molar-refractivity contribution in [3.63, 3.8) is 0 Å². The minimum atomic E-state index is -0.541. The minimum Gasteiger partial charge on any atom is -0.466 e. The quantitative estimate of drug-likeness (QED) is 0.548. The third kappa shape index (κ3) is 6.21. The Morgan fingerprint density at radius 1 is 1.43 bits per heavy atom. The second-order valence-electron chi connectivity index (χ2n) is 2.41. The number of carbonyl (C=O) groups excluding carboxylic acids is 2. The van der Waals surface area contributed by atoms with Gasteiger partial charge in [-0.15, -0.1) is 11.6 Å². The van der Waals surface area contributed by atoms with Gasteiger partial charge in [-0.2, -0.15) is 0 Å². The molecule has 0 N–H and O–H groups in total. The first-order valence-electron chi connectivity index (χ1n) is 4.11. The van der Waals surface area contributed by atoms with Crippen molar-refractivity contribution in [2.45, 2.75) is 19.4 Å². The summed E-state index contributed by atoms with van der Waals surface area (Å²) < 4.78 is 9.55. The van der Waals surface area contributed by atoms with E-state index in [1.807, 2.05) is 0 Å². The van der Waals surface area contributed by atoms with Crippen molar-refractivity contribution in [1.29, 1.82) is 0 Å². The van der Waals surface area contributed by atoms with Crippen LogP contribution in [0, 0.1) is 0 Å². The molecule has 14 heavy (non-hydrogen) atoms. The van der Waals surface area contributed by atoms with Crippen molar-refractivity contribution in [2.75, 3.05) is 17.8 Å². The first kappa shape index (κ1) is 13.7. The standard InChI is InChI=1S/C8H12BrClO4/c1-2-13-7(11)3-6(4-9)14-8(12)5-10/h6H,2-5H2,1H3. The van der Waals surface area contributed by atoms with Crippen LogP contribution in [-0.4, -0.2) is 35.9 Å². The van der Waals surface area contributed by atoms with Crippen molar-refractivity contribution in [3.05, 3.63) is 0 Å². The van der Waals surface area contributed by atoms with Gasteiger partial charge in [-0.05, 0) is 6.92 Å². The molecule has 0 aliphatic rings. The van der Waals surface area contributed by atoms with Crippen LogP contribution in [-0.2, 0) is 19.1 Å². The number of carbonyl (C=O) groups is 2. The summed E-state index contributed by atoms with van der Waals surface area (Å²) >= 11 is 8.37. The molecule has 82 valence electrons. The molecule has 1 unspecified atom stereocenters. The highest BCUT2D eigenvalue weighted by Gasteiger charge is 2.17. The molecule has 1 atom stereocenters. The average Bonchev–Trinajstić information content (AvgIpc) is 2.16. The summed E-state index contributed by atoms with van der Waals surface area (Å²) in [6.07, 6.45) is -0.470. The Bertz CT molecular complexity index is 198. The van der Waals surface area contributed by atoms with E-state index in [0.29, 0.717) is 11.9 Å². The summed E-state index contributed by atoms with van der Waals surface area (Å²) in [5, 5.41) is 0.383. The van der Waals surface area contributed by atoms with Gasteiger partial charge in [0.15, 0.2) is 0 Å². The van der Waals surface area contributed by atoms with E-state index in [0.717, 1.165) is 0 Å². The zero-order chi connectivity index (χ0) is 11.0. The molecular weight excluding hydrogens is 275 g/mol. The number of alkyl halides is 2. The fourth-order valence-electron chi connectivity index (χ4n) is 0.751. The van der Waals surface area contributed by atoms with E-state index in [9.17, 15) is 9.59 Å². The Morgan fingerprint density at radius 3 is 2.50 bits per heavy atom. The highest BCUT2D eigenvalue weighted by Crippen LogP contribution is 2.05. The highest BCUT2D eigenvalue weighted by atomic mass is 79.9. The lowest BCUT2D eigenvalue weighted by molar-refractivity contribution is -0.151. The van der Waals surface area contributed by atoms with Gasteiger partial charge in [0.1, 0.15) is 12.0 Å². The van der Waals surface area contributed by atoms with Gasteiger partial charge in [0.25, 0.3) is 0 Å². The van der Waals surface area contributed by atoms with Crippen LogP contribution >= 0.6 is 27.5 Å². The maximum atomic E-state index is 11.0. The predicted octanol–water partition coefficient (Wildman–Crippen LogP) is 1.49. The lowest BCUT2D eigenvalue weighted by atomic mass is 10.3. The van der Waals surface area contributed by atoms with Crippen LogP contribution in [0.2, 0.25) is 0 Å². The molecule has 0 saturated heterocycles. The summed E-state index contributed by atoms with van der Waals surface area (Å²) in [7, 11) is 0. The molecule has 4 nitrogen and oxygen atoms in total. The van der Waals surface area contributed by atoms with E-state index in [2.05, 4.69) is 15.9 Å². The topological polar surface area (TPSA) is 52.6 Å². The number of hydrogen-bond acceptors (Lipinski definition) is 4. The Kier molecular flexibility index (Phi) is 7.89. The fraction of sp³-hybridized carbons (Fsp3) is 0.750. The van der Waals surface area contributed by atoms with Gasteiger partial charge < -0.3 is 9.47 Å². The molecule has 0 radical (unpaired) electrons. The van der Waals surface area contributed by atoms with E-state index < -0.39 is 12.1 Å². The molecule has 0 heterocycles. The lowest BCUT2D eigenvalue weighted by Gasteiger charge is -2.13. The first-order chi connectivity index (χ1) is 6.63. The van der Waals surface area contributed by atoms with Gasteiger partial charge in [-0.3, -0.25) is 9.59 Å². The molecule has 0 aromatic carbocycles. The SMILES string of the molecule is CCOC(=O)CC(CBr)OC(=O)CCl. The Balaban J connectivity index is 3.89. The second kappa shape index (κ2) is 8.05. The van der Waals surface area contributed by atoms with E-state index in [1.54, 1.807) is 6.92 Å². The third-order valence-corrected chi connectivity index (χ3v) is 2.22. The van der Waals surface area contributed by atoms with Gasteiger partial charge >= 0.3 is 11.9 Å². The molecule has 0 aromatic rings. The molecule has 0 aromatic heterocycles. The highest BCUT2D eigenvalue weighted by molar-refractivity contribution is 9.09. The van der Waals surface area contributed by atoms with Crippen LogP contribution in [0.25, 0.3) is 0 Å². The summed E-state index contributed by atoms with van der Waals surface area (Å²) in [6, 6.07) is 0. The van der Waals surface area contributed by atoms with Crippen molar-refractivity contribution in [3.8, 4) is 0 Å². The van der Waals surface area contributed by atoms with Gasteiger partial charge in [0, 0.05) is 5.33 Å². The summed E-state index contributed by atoms with van der Waals surface area (Å²) in [5.41, 5.74) is 0. The van der Waals surface area contributed by atoms with Crippen molar-refractivity contribution >= 4 is 39.5 Å². The summed E-state index contributed by atoms with van der Waals surface area (Å²) in [5.74, 6) is -1.15. The zero-order valence-electron chi connectivity index (χ0n) is 7.79. The third-order valence-electron chi connectivity index (χ3n) is 1.28. The molecule has 0 aliphatic heterocycles. The van der Waals surface area contributed by atoms with Gasteiger partial charge in [0.05, 0.1) is 13.0 Å². The van der Waals surface area contributed by atoms with Crippen LogP contribution in [0.1, 0.15) is 13.3 Å². The number of halogens is 2. The van der Waals surface area contributed by atoms with E-state index in [4.69, 9.17) is 21.1 Å². The van der Waals surface area contributed by atoms with Crippen LogP contribution in [0.5, 0.6) is 0 Å². The normalized spacial score (nSPS) is 11.9. The van der Waals surface area contributed by atoms with Crippen molar-refractivity contribution < 1.29 is 19.1 Å². The van der Waals surface area contributed by atoms with E-state index in [-0.39, 0.29) is 18.3 Å². The molecule has 0 spiro atoms. The average molecular weight is 288 g/mol.